The number of nitrogens with zero attached hydrogens (tertiary/aromatic N) is 5. The molecule has 1 aliphatic heterocycles. The highest BCUT2D eigenvalue weighted by Crippen LogP contribution is 2.31. The van der Waals surface area contributed by atoms with Crippen LogP contribution in [0.15, 0.2) is 35.6 Å². The molecular formula is C18H20ClN5O2S. The molecule has 0 aromatic carbocycles. The van der Waals surface area contributed by atoms with Gasteiger partial charge in [0.2, 0.25) is 10.0 Å². The van der Waals surface area contributed by atoms with Crippen LogP contribution in [0.4, 0.5) is 0 Å². The Bertz CT molecular complexity index is 1100. The van der Waals surface area contributed by atoms with Crippen molar-refractivity contribution < 1.29 is 8.42 Å². The summed E-state index contributed by atoms with van der Waals surface area (Å²) in [6.07, 6.45) is 6.34. The highest BCUT2D eigenvalue weighted by molar-refractivity contribution is 7.89. The molecule has 0 radical (unpaired) electrons. The van der Waals surface area contributed by atoms with Crippen molar-refractivity contribution in [1.82, 2.24) is 23.9 Å². The first kappa shape index (κ1) is 18.3. The summed E-state index contributed by atoms with van der Waals surface area (Å²) in [6.45, 7) is 4.69. The van der Waals surface area contributed by atoms with Crippen molar-refractivity contribution in [3.05, 3.63) is 52.7 Å². The van der Waals surface area contributed by atoms with Gasteiger partial charge in [0, 0.05) is 37.6 Å². The summed E-state index contributed by atoms with van der Waals surface area (Å²) < 4.78 is 29.1. The van der Waals surface area contributed by atoms with Crippen LogP contribution in [-0.2, 0) is 10.0 Å². The van der Waals surface area contributed by atoms with Gasteiger partial charge in [0.1, 0.15) is 10.0 Å². The number of piperidine rings is 1. The van der Waals surface area contributed by atoms with Gasteiger partial charge in [-0.1, -0.05) is 11.6 Å². The van der Waals surface area contributed by atoms with E-state index in [1.54, 1.807) is 23.7 Å². The van der Waals surface area contributed by atoms with E-state index in [0.717, 1.165) is 29.7 Å². The second-order valence-electron chi connectivity index (χ2n) is 6.90. The zero-order chi connectivity index (χ0) is 19.2. The summed E-state index contributed by atoms with van der Waals surface area (Å²) in [6, 6.07) is 3.60. The fraction of sp³-hybridized carbons (Fsp3) is 0.389. The third kappa shape index (κ3) is 3.33. The van der Waals surface area contributed by atoms with Crippen molar-refractivity contribution in [2.45, 2.75) is 37.5 Å². The fourth-order valence-electron chi connectivity index (χ4n) is 3.55. The zero-order valence-electron chi connectivity index (χ0n) is 15.1. The van der Waals surface area contributed by atoms with E-state index in [4.69, 9.17) is 11.6 Å². The number of fused-ring (bicyclic) bond motifs is 1. The number of hydrogen-bond acceptors (Lipinski definition) is 5. The molecule has 3 aromatic heterocycles. The Morgan fingerprint density at radius 2 is 1.85 bits per heavy atom. The van der Waals surface area contributed by atoms with Crippen LogP contribution in [-0.4, -0.2) is 45.4 Å². The maximum absolute atomic E-state index is 12.9. The number of sulfonamides is 1. The van der Waals surface area contributed by atoms with E-state index in [-0.39, 0.29) is 10.8 Å². The van der Waals surface area contributed by atoms with Crippen molar-refractivity contribution in [3.63, 3.8) is 0 Å². The van der Waals surface area contributed by atoms with Gasteiger partial charge in [-0.3, -0.25) is 0 Å². The molecule has 0 amide bonds. The van der Waals surface area contributed by atoms with Crippen LogP contribution in [0, 0.1) is 13.8 Å². The number of hydrogen-bond donors (Lipinski definition) is 0. The average molecular weight is 406 g/mol. The molecule has 0 unspecified atom stereocenters. The minimum absolute atomic E-state index is 0.192. The molecule has 4 rings (SSSR count). The predicted octanol–water partition coefficient (Wildman–Crippen LogP) is 2.96. The number of aromatic nitrogens is 4. The summed E-state index contributed by atoms with van der Waals surface area (Å²) in [5, 5.41) is 5.01. The van der Waals surface area contributed by atoms with Gasteiger partial charge in [-0.05, 0) is 49.9 Å². The Morgan fingerprint density at radius 3 is 2.56 bits per heavy atom. The lowest BCUT2D eigenvalue weighted by molar-refractivity contribution is 0.315. The summed E-state index contributed by atoms with van der Waals surface area (Å²) in [4.78, 5) is 8.42. The molecule has 0 aliphatic carbocycles. The van der Waals surface area contributed by atoms with Gasteiger partial charge in [0.15, 0.2) is 5.65 Å². The van der Waals surface area contributed by atoms with Crippen molar-refractivity contribution in [2.75, 3.05) is 13.1 Å². The molecular weight excluding hydrogens is 386 g/mol. The van der Waals surface area contributed by atoms with Crippen LogP contribution >= 0.6 is 11.6 Å². The standard InChI is InChI=1S/C18H20ClN5O2S/c1-12-10-16-20-5-8-24(16)22-17(12)14-3-6-23(7-4-14)27(25,26)15-9-13(2)18(19)21-11-15/h5,8-11,14H,3-4,6-7H2,1-2H3. The monoisotopic (exact) mass is 405 g/mol. The number of imidazole rings is 1. The summed E-state index contributed by atoms with van der Waals surface area (Å²) in [7, 11) is -3.57. The predicted molar refractivity (Wildman–Crippen MR) is 102 cm³/mol. The second kappa shape index (κ2) is 6.85. The lowest BCUT2D eigenvalue weighted by atomic mass is 9.92. The topological polar surface area (TPSA) is 80.5 Å². The van der Waals surface area contributed by atoms with E-state index < -0.39 is 10.0 Å². The van der Waals surface area contributed by atoms with E-state index in [9.17, 15) is 8.42 Å². The summed E-state index contributed by atoms with van der Waals surface area (Å²) >= 11 is 5.92. The van der Waals surface area contributed by atoms with E-state index >= 15 is 0 Å². The molecule has 1 saturated heterocycles. The van der Waals surface area contributed by atoms with Crippen LogP contribution in [0.25, 0.3) is 5.65 Å². The van der Waals surface area contributed by atoms with Gasteiger partial charge in [-0.2, -0.15) is 9.40 Å². The molecule has 142 valence electrons. The Balaban J connectivity index is 1.54. The van der Waals surface area contributed by atoms with Crippen LogP contribution < -0.4 is 0 Å². The fourth-order valence-corrected chi connectivity index (χ4v) is 5.16. The maximum Gasteiger partial charge on any atom is 0.244 e. The SMILES string of the molecule is Cc1cc(S(=O)(=O)N2CCC(c3nn4ccnc4cc3C)CC2)cnc1Cl. The lowest BCUT2D eigenvalue weighted by Gasteiger charge is -2.31. The molecule has 9 heteroatoms. The maximum atomic E-state index is 12.9. The van der Waals surface area contributed by atoms with E-state index in [0.29, 0.717) is 23.8 Å². The lowest BCUT2D eigenvalue weighted by Crippen LogP contribution is -2.38. The smallest absolute Gasteiger partial charge is 0.243 e. The molecule has 7 nitrogen and oxygen atoms in total. The Labute approximate surface area is 163 Å². The summed E-state index contributed by atoms with van der Waals surface area (Å²) in [5.74, 6) is 0.230. The molecule has 0 saturated carbocycles. The molecule has 0 spiro atoms. The van der Waals surface area contributed by atoms with Gasteiger partial charge < -0.3 is 0 Å². The Morgan fingerprint density at radius 1 is 1.11 bits per heavy atom. The molecule has 0 atom stereocenters. The van der Waals surface area contributed by atoms with Crippen LogP contribution in [0.2, 0.25) is 5.15 Å². The van der Waals surface area contributed by atoms with Crippen molar-refractivity contribution in [2.24, 2.45) is 0 Å². The zero-order valence-corrected chi connectivity index (χ0v) is 16.7. The minimum Gasteiger partial charge on any atom is -0.243 e. The Kier molecular flexibility index (Phi) is 4.65. The van der Waals surface area contributed by atoms with Gasteiger partial charge in [-0.25, -0.2) is 22.9 Å². The number of rotatable bonds is 3. The highest BCUT2D eigenvalue weighted by atomic mass is 35.5. The highest BCUT2D eigenvalue weighted by Gasteiger charge is 2.31. The van der Waals surface area contributed by atoms with Crippen LogP contribution in [0.5, 0.6) is 0 Å². The van der Waals surface area contributed by atoms with E-state index in [1.807, 2.05) is 19.2 Å². The molecule has 0 N–H and O–H groups in total. The normalized spacial score (nSPS) is 16.9. The van der Waals surface area contributed by atoms with Crippen molar-refractivity contribution in [1.29, 1.82) is 0 Å². The average Bonchev–Trinajstić information content (AvgIpc) is 3.10. The van der Waals surface area contributed by atoms with E-state index in [2.05, 4.69) is 15.1 Å². The van der Waals surface area contributed by atoms with Crippen LogP contribution in [0.1, 0.15) is 35.6 Å². The second-order valence-corrected chi connectivity index (χ2v) is 9.20. The molecule has 4 heterocycles. The van der Waals surface area contributed by atoms with Gasteiger partial charge in [0.25, 0.3) is 0 Å². The molecule has 1 aliphatic rings. The first-order valence-electron chi connectivity index (χ1n) is 8.79. The van der Waals surface area contributed by atoms with Gasteiger partial charge in [-0.15, -0.1) is 0 Å². The quantitative estimate of drug-likeness (QED) is 0.626. The molecule has 0 bridgehead atoms. The third-order valence-electron chi connectivity index (χ3n) is 5.08. The minimum atomic E-state index is -3.57. The number of pyridine rings is 1. The van der Waals surface area contributed by atoms with Crippen LogP contribution in [0.3, 0.4) is 0 Å². The first-order valence-corrected chi connectivity index (χ1v) is 10.6. The third-order valence-corrected chi connectivity index (χ3v) is 7.34. The number of halogens is 1. The largest absolute Gasteiger partial charge is 0.244 e. The Hall–Kier alpha value is -2.03. The van der Waals surface area contributed by atoms with Crippen molar-refractivity contribution in [3.8, 4) is 0 Å². The molecule has 3 aromatic rings. The number of aryl methyl sites for hydroxylation is 2. The summed E-state index contributed by atoms with van der Waals surface area (Å²) in [5.41, 5.74) is 3.58. The molecule has 1 fully saturated rings. The van der Waals surface area contributed by atoms with Crippen molar-refractivity contribution >= 4 is 27.3 Å². The van der Waals surface area contributed by atoms with E-state index in [1.165, 1.54) is 10.5 Å². The first-order chi connectivity index (χ1) is 12.9. The van der Waals surface area contributed by atoms with Gasteiger partial charge >= 0.3 is 0 Å². The molecule has 27 heavy (non-hydrogen) atoms. The van der Waals surface area contributed by atoms with Gasteiger partial charge in [0.05, 0.1) is 5.69 Å².